The van der Waals surface area contributed by atoms with Crippen LogP contribution in [0.4, 0.5) is 0 Å². The van der Waals surface area contributed by atoms with E-state index in [9.17, 15) is 0 Å². The zero-order valence-corrected chi connectivity index (χ0v) is 13.8. The zero-order chi connectivity index (χ0) is 14.2. The van der Waals surface area contributed by atoms with Crippen LogP contribution in [0.3, 0.4) is 0 Å². The fourth-order valence-electron chi connectivity index (χ4n) is 2.95. The van der Waals surface area contributed by atoms with Gasteiger partial charge in [-0.05, 0) is 68.0 Å². The minimum atomic E-state index is 0.666. The number of allylic oxidation sites excluding steroid dienone is 3. The van der Waals surface area contributed by atoms with Gasteiger partial charge in [0.2, 0.25) is 0 Å². The van der Waals surface area contributed by atoms with Crippen molar-refractivity contribution >= 4 is 15.9 Å². The van der Waals surface area contributed by atoms with Crippen molar-refractivity contribution in [3.05, 3.63) is 52.8 Å². The second-order valence-corrected chi connectivity index (χ2v) is 6.16. The average Bonchev–Trinajstić information content (AvgIpc) is 2.49. The summed E-state index contributed by atoms with van der Waals surface area (Å²) in [6.45, 7) is 2.07. The largest absolute Gasteiger partial charge is 0.261 e. The average molecular weight is 334 g/mol. The molecule has 0 bridgehead atoms. The molecule has 0 saturated heterocycles. The number of aromatic nitrogens is 1. The fourth-order valence-corrected chi connectivity index (χ4v) is 3.38. The number of hydrogen-bond acceptors (Lipinski definition) is 1. The van der Waals surface area contributed by atoms with E-state index in [0.29, 0.717) is 5.92 Å². The van der Waals surface area contributed by atoms with Gasteiger partial charge in [-0.15, -0.1) is 0 Å². The first-order valence-electron chi connectivity index (χ1n) is 7.66. The molecule has 0 spiro atoms. The molecule has 1 aromatic heterocycles. The minimum Gasteiger partial charge on any atom is -0.261 e. The Balaban J connectivity index is 1.87. The lowest BCUT2D eigenvalue weighted by atomic mass is 9.80. The molecule has 1 heterocycles. The van der Waals surface area contributed by atoms with Crippen molar-refractivity contribution in [3.8, 4) is 0 Å². The van der Waals surface area contributed by atoms with E-state index in [1.165, 1.54) is 36.9 Å². The van der Waals surface area contributed by atoms with E-state index in [2.05, 4.69) is 59.4 Å². The summed E-state index contributed by atoms with van der Waals surface area (Å²) in [6, 6.07) is 4.51. The third-order valence-electron chi connectivity index (χ3n) is 4.22. The van der Waals surface area contributed by atoms with Gasteiger partial charge in [0.1, 0.15) is 0 Å². The van der Waals surface area contributed by atoms with Crippen LogP contribution in [0.25, 0.3) is 0 Å². The summed E-state index contributed by atoms with van der Waals surface area (Å²) in [6.07, 6.45) is 16.0. The van der Waals surface area contributed by atoms with Gasteiger partial charge in [0.25, 0.3) is 0 Å². The SMILES string of the molecule is CC=CCCc1ccc(C2CCC(C=CBr)CC2)nc1. The highest BCUT2D eigenvalue weighted by atomic mass is 79.9. The Bertz CT molecular complexity index is 439. The van der Waals surface area contributed by atoms with Crippen LogP contribution in [-0.2, 0) is 6.42 Å². The van der Waals surface area contributed by atoms with Crippen LogP contribution in [-0.4, -0.2) is 4.98 Å². The summed E-state index contributed by atoms with van der Waals surface area (Å²) in [5.74, 6) is 1.42. The van der Waals surface area contributed by atoms with Crippen molar-refractivity contribution in [2.45, 2.75) is 51.4 Å². The van der Waals surface area contributed by atoms with Gasteiger partial charge in [0.05, 0.1) is 0 Å². The Hall–Kier alpha value is -0.890. The van der Waals surface area contributed by atoms with E-state index in [4.69, 9.17) is 4.98 Å². The smallest absolute Gasteiger partial charge is 0.0434 e. The highest BCUT2D eigenvalue weighted by Gasteiger charge is 2.21. The van der Waals surface area contributed by atoms with Crippen LogP contribution in [0.2, 0.25) is 0 Å². The van der Waals surface area contributed by atoms with E-state index in [1.807, 2.05) is 4.99 Å². The van der Waals surface area contributed by atoms with Gasteiger partial charge < -0.3 is 0 Å². The molecule has 1 aliphatic rings. The summed E-state index contributed by atoms with van der Waals surface area (Å²) >= 11 is 3.38. The Morgan fingerprint density at radius 1 is 1.25 bits per heavy atom. The predicted molar refractivity (Wildman–Crippen MR) is 90.1 cm³/mol. The van der Waals surface area contributed by atoms with Gasteiger partial charge in [-0.3, -0.25) is 4.98 Å². The first-order valence-corrected chi connectivity index (χ1v) is 8.58. The Morgan fingerprint density at radius 2 is 2.05 bits per heavy atom. The summed E-state index contributed by atoms with van der Waals surface area (Å²) in [5.41, 5.74) is 2.64. The molecule has 108 valence electrons. The van der Waals surface area contributed by atoms with Gasteiger partial charge in [0, 0.05) is 17.8 Å². The van der Waals surface area contributed by atoms with Gasteiger partial charge in [0.15, 0.2) is 0 Å². The number of pyridine rings is 1. The fraction of sp³-hybridized carbons (Fsp3) is 0.500. The van der Waals surface area contributed by atoms with Crippen molar-refractivity contribution in [2.75, 3.05) is 0 Å². The highest BCUT2D eigenvalue weighted by Crippen LogP contribution is 2.35. The number of nitrogens with zero attached hydrogens (tertiary/aromatic N) is 1. The first-order chi connectivity index (χ1) is 9.83. The Labute approximate surface area is 131 Å². The lowest BCUT2D eigenvalue weighted by Crippen LogP contribution is -2.12. The lowest BCUT2D eigenvalue weighted by Gasteiger charge is -2.26. The molecule has 0 N–H and O–H groups in total. The van der Waals surface area contributed by atoms with Gasteiger partial charge in [-0.2, -0.15) is 0 Å². The molecular formula is C18H24BrN. The lowest BCUT2D eigenvalue weighted by molar-refractivity contribution is 0.371. The van der Waals surface area contributed by atoms with Crippen molar-refractivity contribution < 1.29 is 0 Å². The molecule has 1 nitrogen and oxygen atoms in total. The molecule has 0 atom stereocenters. The van der Waals surface area contributed by atoms with Crippen LogP contribution in [0.15, 0.2) is 41.5 Å². The first kappa shape index (κ1) is 15.5. The van der Waals surface area contributed by atoms with Crippen LogP contribution in [0.5, 0.6) is 0 Å². The molecule has 2 rings (SSSR count). The van der Waals surface area contributed by atoms with Crippen LogP contribution < -0.4 is 0 Å². The maximum atomic E-state index is 4.70. The van der Waals surface area contributed by atoms with Crippen molar-refractivity contribution in [1.29, 1.82) is 0 Å². The molecule has 20 heavy (non-hydrogen) atoms. The quantitative estimate of drug-likeness (QED) is 0.623. The van der Waals surface area contributed by atoms with Gasteiger partial charge in [-0.25, -0.2) is 0 Å². The van der Waals surface area contributed by atoms with E-state index < -0.39 is 0 Å². The summed E-state index contributed by atoms with van der Waals surface area (Å²) in [7, 11) is 0. The second-order valence-electron chi connectivity index (χ2n) is 5.63. The van der Waals surface area contributed by atoms with E-state index in [0.717, 1.165) is 18.8 Å². The number of aryl methyl sites for hydroxylation is 1. The summed E-state index contributed by atoms with van der Waals surface area (Å²) in [5, 5.41) is 0. The molecule has 2 heteroatoms. The maximum Gasteiger partial charge on any atom is 0.0434 e. The molecule has 0 aliphatic heterocycles. The third kappa shape index (κ3) is 4.59. The summed E-state index contributed by atoms with van der Waals surface area (Å²) in [4.78, 5) is 6.71. The zero-order valence-electron chi connectivity index (χ0n) is 12.3. The Morgan fingerprint density at radius 3 is 2.65 bits per heavy atom. The van der Waals surface area contributed by atoms with Crippen LogP contribution >= 0.6 is 15.9 Å². The van der Waals surface area contributed by atoms with E-state index in [1.54, 1.807) is 0 Å². The van der Waals surface area contributed by atoms with Gasteiger partial charge >= 0.3 is 0 Å². The third-order valence-corrected chi connectivity index (χ3v) is 4.52. The van der Waals surface area contributed by atoms with Crippen LogP contribution in [0.1, 0.15) is 56.2 Å². The van der Waals surface area contributed by atoms with E-state index >= 15 is 0 Å². The van der Waals surface area contributed by atoms with Crippen LogP contribution in [0, 0.1) is 5.92 Å². The number of hydrogen-bond donors (Lipinski definition) is 0. The normalized spacial score (nSPS) is 23.7. The monoisotopic (exact) mass is 333 g/mol. The second kappa shape index (κ2) is 8.41. The molecule has 1 saturated carbocycles. The maximum absolute atomic E-state index is 4.70. The number of halogens is 1. The molecule has 0 aromatic carbocycles. The highest BCUT2D eigenvalue weighted by molar-refractivity contribution is 9.11. The minimum absolute atomic E-state index is 0.666. The van der Waals surface area contributed by atoms with E-state index in [-0.39, 0.29) is 0 Å². The standard InChI is InChI=1S/C18H24BrN/c1-2-3-4-5-16-8-11-18(20-14-16)17-9-6-15(7-10-17)12-13-19/h2-3,8,11-15,17H,4-7,9-10H2,1H3. The Kier molecular flexibility index (Phi) is 6.52. The topological polar surface area (TPSA) is 12.9 Å². The van der Waals surface area contributed by atoms with Crippen molar-refractivity contribution in [1.82, 2.24) is 4.98 Å². The molecule has 0 radical (unpaired) electrons. The van der Waals surface area contributed by atoms with Gasteiger partial charge in [-0.1, -0.05) is 40.2 Å². The summed E-state index contributed by atoms with van der Waals surface area (Å²) < 4.78 is 0. The predicted octanol–water partition coefficient (Wildman–Crippen LogP) is 5.77. The molecular weight excluding hydrogens is 310 g/mol. The number of rotatable bonds is 5. The van der Waals surface area contributed by atoms with Crippen molar-refractivity contribution in [3.63, 3.8) is 0 Å². The van der Waals surface area contributed by atoms with Crippen molar-refractivity contribution in [2.24, 2.45) is 5.92 Å². The molecule has 0 unspecified atom stereocenters. The molecule has 1 fully saturated rings. The molecule has 1 aromatic rings. The molecule has 1 aliphatic carbocycles. The molecule has 0 amide bonds.